The molecule has 0 aromatic heterocycles. The van der Waals surface area contributed by atoms with Crippen LogP contribution in [0.25, 0.3) is 0 Å². The van der Waals surface area contributed by atoms with E-state index in [0.29, 0.717) is 16.5 Å². The molecule has 2 rings (SSSR count). The van der Waals surface area contributed by atoms with Crippen molar-refractivity contribution in [1.82, 2.24) is 4.47 Å². The Morgan fingerprint density at radius 2 is 1.85 bits per heavy atom. The fourth-order valence-corrected chi connectivity index (χ4v) is 3.44. The van der Waals surface area contributed by atoms with E-state index in [1.165, 1.54) is 38.4 Å². The first-order chi connectivity index (χ1) is 12.8. The Hall–Kier alpha value is -2.13. The first kappa shape index (κ1) is 21.2. The highest BCUT2D eigenvalue weighted by molar-refractivity contribution is 7.89. The van der Waals surface area contributed by atoms with Crippen molar-refractivity contribution in [3.63, 3.8) is 0 Å². The molecule has 0 aliphatic carbocycles. The Balaban J connectivity index is 1.96. The molecule has 1 amide bonds. The van der Waals surface area contributed by atoms with Crippen LogP contribution in [0.5, 0.6) is 5.75 Å². The lowest BCUT2D eigenvalue weighted by atomic mass is 10.1. The smallest absolute Gasteiger partial charge is 0.264 e. The van der Waals surface area contributed by atoms with Gasteiger partial charge < -0.3 is 10.1 Å². The molecular formula is C18H21ClN2O5S. The van der Waals surface area contributed by atoms with Crippen LogP contribution in [0.1, 0.15) is 12.5 Å². The molecule has 7 nitrogen and oxygen atoms in total. The summed E-state index contributed by atoms with van der Waals surface area (Å²) in [5.74, 6) is 0.183. The largest absolute Gasteiger partial charge is 0.484 e. The van der Waals surface area contributed by atoms with Gasteiger partial charge in [-0.1, -0.05) is 23.0 Å². The van der Waals surface area contributed by atoms with Gasteiger partial charge in [-0.2, -0.15) is 0 Å². The lowest BCUT2D eigenvalue weighted by Gasteiger charge is -2.14. The number of anilines is 1. The third kappa shape index (κ3) is 5.43. The van der Waals surface area contributed by atoms with Crippen LogP contribution in [0.15, 0.2) is 47.4 Å². The van der Waals surface area contributed by atoms with Gasteiger partial charge in [0, 0.05) is 17.8 Å². The normalized spacial score (nSPS) is 11.4. The summed E-state index contributed by atoms with van der Waals surface area (Å²) in [7, 11) is -1.17. The van der Waals surface area contributed by atoms with E-state index in [4.69, 9.17) is 21.2 Å². The number of nitrogens with one attached hydrogen (secondary N) is 1. The van der Waals surface area contributed by atoms with E-state index in [2.05, 4.69) is 5.32 Å². The van der Waals surface area contributed by atoms with Crippen molar-refractivity contribution in [2.24, 2.45) is 0 Å². The monoisotopic (exact) mass is 412 g/mol. The Morgan fingerprint density at radius 1 is 1.19 bits per heavy atom. The number of nitrogens with zero attached hydrogens (tertiary/aromatic N) is 1. The van der Waals surface area contributed by atoms with E-state index in [1.54, 1.807) is 18.2 Å². The summed E-state index contributed by atoms with van der Waals surface area (Å²) in [6.45, 7) is 1.79. The number of benzene rings is 2. The van der Waals surface area contributed by atoms with Gasteiger partial charge in [-0.05, 0) is 54.4 Å². The molecule has 0 radical (unpaired) electrons. The fourth-order valence-electron chi connectivity index (χ4n) is 2.21. The average molecular weight is 413 g/mol. The standard InChI is InChI=1S/C18H21ClN2O5S/c1-4-13-11-15(7-10-17(13)19)26-12-18(22)20-14-5-8-16(9-6-14)27(23,24)21(2)25-3/h5-11H,4,12H2,1-3H3,(H,20,22). The van der Waals surface area contributed by atoms with Gasteiger partial charge in [-0.3, -0.25) is 9.63 Å². The number of amides is 1. The van der Waals surface area contributed by atoms with Gasteiger partial charge in [-0.15, -0.1) is 0 Å². The molecule has 1 N–H and O–H groups in total. The van der Waals surface area contributed by atoms with Crippen molar-refractivity contribution < 1.29 is 22.8 Å². The number of hydrogen-bond acceptors (Lipinski definition) is 5. The molecule has 0 bridgehead atoms. The number of ether oxygens (including phenoxy) is 1. The highest BCUT2D eigenvalue weighted by Gasteiger charge is 2.20. The van der Waals surface area contributed by atoms with Crippen LogP contribution in [-0.2, 0) is 26.1 Å². The van der Waals surface area contributed by atoms with Gasteiger partial charge in [0.25, 0.3) is 15.9 Å². The minimum atomic E-state index is -3.73. The number of rotatable bonds is 8. The number of halogens is 1. The molecule has 0 aliphatic rings. The van der Waals surface area contributed by atoms with Crippen molar-refractivity contribution in [2.75, 3.05) is 26.1 Å². The molecule has 0 atom stereocenters. The molecule has 0 fully saturated rings. The molecule has 0 spiro atoms. The van der Waals surface area contributed by atoms with Crippen LogP contribution < -0.4 is 10.1 Å². The second-order valence-corrected chi connectivity index (χ2v) is 7.91. The lowest BCUT2D eigenvalue weighted by Crippen LogP contribution is -2.25. The second-order valence-electron chi connectivity index (χ2n) is 5.57. The summed E-state index contributed by atoms with van der Waals surface area (Å²) in [6, 6.07) is 11.0. The zero-order chi connectivity index (χ0) is 20.0. The third-order valence-corrected chi connectivity index (χ3v) is 5.86. The van der Waals surface area contributed by atoms with E-state index in [0.717, 1.165) is 16.5 Å². The predicted molar refractivity (Wildman–Crippen MR) is 103 cm³/mol. The van der Waals surface area contributed by atoms with E-state index < -0.39 is 10.0 Å². The maximum atomic E-state index is 12.1. The van der Waals surface area contributed by atoms with Gasteiger partial charge in [0.2, 0.25) is 0 Å². The summed E-state index contributed by atoms with van der Waals surface area (Å²) in [4.78, 5) is 16.8. The molecule has 146 valence electrons. The second kappa shape index (κ2) is 9.18. The molecule has 0 aliphatic heterocycles. The Kier molecular flexibility index (Phi) is 7.20. The highest BCUT2D eigenvalue weighted by atomic mass is 35.5. The topological polar surface area (TPSA) is 84.9 Å². The number of carbonyl (C=O) groups excluding carboxylic acids is 1. The van der Waals surface area contributed by atoms with Crippen molar-refractivity contribution in [3.8, 4) is 5.75 Å². The van der Waals surface area contributed by atoms with Crippen LogP contribution in [0, 0.1) is 0 Å². The minimum Gasteiger partial charge on any atom is -0.484 e. The van der Waals surface area contributed by atoms with Gasteiger partial charge in [0.15, 0.2) is 6.61 Å². The van der Waals surface area contributed by atoms with Crippen molar-refractivity contribution >= 4 is 33.2 Å². The van der Waals surface area contributed by atoms with Gasteiger partial charge in [-0.25, -0.2) is 8.42 Å². The number of sulfonamides is 1. The number of aryl methyl sites for hydroxylation is 1. The average Bonchev–Trinajstić information content (AvgIpc) is 2.67. The minimum absolute atomic E-state index is 0.0503. The first-order valence-electron chi connectivity index (χ1n) is 8.12. The highest BCUT2D eigenvalue weighted by Crippen LogP contribution is 2.22. The molecule has 27 heavy (non-hydrogen) atoms. The van der Waals surface area contributed by atoms with E-state index in [9.17, 15) is 13.2 Å². The molecule has 9 heteroatoms. The third-order valence-electron chi connectivity index (χ3n) is 3.80. The predicted octanol–water partition coefficient (Wildman–Crippen LogP) is 3.10. The van der Waals surface area contributed by atoms with E-state index in [-0.39, 0.29) is 17.4 Å². The molecule has 2 aromatic carbocycles. The van der Waals surface area contributed by atoms with Crippen LogP contribution in [0.3, 0.4) is 0 Å². The number of hydroxylamine groups is 1. The maximum absolute atomic E-state index is 12.1. The van der Waals surface area contributed by atoms with Gasteiger partial charge >= 0.3 is 0 Å². The van der Waals surface area contributed by atoms with Crippen LogP contribution in [-0.4, -0.2) is 39.6 Å². The van der Waals surface area contributed by atoms with Crippen molar-refractivity contribution in [1.29, 1.82) is 0 Å². The quantitative estimate of drug-likeness (QED) is 0.673. The summed E-state index contributed by atoms with van der Waals surface area (Å²) in [5, 5.41) is 3.30. The Labute approximate surface area is 163 Å². The van der Waals surface area contributed by atoms with E-state index >= 15 is 0 Å². The molecule has 0 saturated heterocycles. The summed E-state index contributed by atoms with van der Waals surface area (Å²) >= 11 is 6.05. The zero-order valence-corrected chi connectivity index (χ0v) is 16.8. The maximum Gasteiger partial charge on any atom is 0.264 e. The zero-order valence-electron chi connectivity index (χ0n) is 15.2. The number of carbonyl (C=O) groups is 1. The molecule has 0 heterocycles. The van der Waals surface area contributed by atoms with Gasteiger partial charge in [0.1, 0.15) is 5.75 Å². The Morgan fingerprint density at radius 3 is 2.44 bits per heavy atom. The van der Waals surface area contributed by atoms with Crippen LogP contribution >= 0.6 is 11.6 Å². The SMILES string of the molecule is CCc1cc(OCC(=O)Nc2ccc(S(=O)(=O)N(C)OC)cc2)ccc1Cl. The Bertz CT molecular complexity index is 900. The first-order valence-corrected chi connectivity index (χ1v) is 9.94. The lowest BCUT2D eigenvalue weighted by molar-refractivity contribution is -0.118. The van der Waals surface area contributed by atoms with Crippen LogP contribution in [0.4, 0.5) is 5.69 Å². The number of hydrogen-bond donors (Lipinski definition) is 1. The molecule has 0 unspecified atom stereocenters. The van der Waals surface area contributed by atoms with Crippen molar-refractivity contribution in [2.45, 2.75) is 18.2 Å². The summed E-state index contributed by atoms with van der Waals surface area (Å²) in [6.07, 6.45) is 0.760. The molecule has 2 aromatic rings. The van der Waals surface area contributed by atoms with Crippen LogP contribution in [0.2, 0.25) is 5.02 Å². The molecule has 0 saturated carbocycles. The molecular weight excluding hydrogens is 392 g/mol. The fraction of sp³-hybridized carbons (Fsp3) is 0.278. The van der Waals surface area contributed by atoms with E-state index in [1.807, 2.05) is 6.92 Å². The van der Waals surface area contributed by atoms with Crippen molar-refractivity contribution in [3.05, 3.63) is 53.1 Å². The van der Waals surface area contributed by atoms with Gasteiger partial charge in [0.05, 0.1) is 12.0 Å². The summed E-state index contributed by atoms with van der Waals surface area (Å²) < 4.78 is 30.5. The summed E-state index contributed by atoms with van der Waals surface area (Å²) in [5.41, 5.74) is 1.39.